The average molecular weight is 1170 g/mol. The van der Waals surface area contributed by atoms with Gasteiger partial charge in [0.25, 0.3) is 0 Å². The lowest BCUT2D eigenvalue weighted by Crippen LogP contribution is -2.27. The molecule has 4 aliphatic rings. The van der Waals surface area contributed by atoms with Crippen LogP contribution in [0.15, 0.2) is 297 Å². The molecule has 0 radical (unpaired) electrons. The maximum atomic E-state index is 7.38. The van der Waals surface area contributed by atoms with Crippen LogP contribution >= 0.6 is 0 Å². The Bertz CT molecular complexity index is 6160. The third-order valence-corrected chi connectivity index (χ3v) is 21.9. The van der Waals surface area contributed by atoms with Gasteiger partial charge >= 0.3 is 0 Å². The summed E-state index contributed by atoms with van der Waals surface area (Å²) < 4.78 is 28.5. The highest BCUT2D eigenvalue weighted by Gasteiger charge is 2.57. The van der Waals surface area contributed by atoms with Crippen molar-refractivity contribution in [3.63, 3.8) is 0 Å². The van der Waals surface area contributed by atoms with E-state index < -0.39 is 10.8 Å². The third-order valence-electron chi connectivity index (χ3n) is 21.9. The summed E-state index contributed by atoms with van der Waals surface area (Å²) in [7, 11) is 0. The number of rotatable bonds is 2. The van der Waals surface area contributed by atoms with Crippen molar-refractivity contribution in [3.8, 4) is 66.8 Å². The van der Waals surface area contributed by atoms with Gasteiger partial charge in [-0.15, -0.1) is 0 Å². The molecule has 19 aromatic rings. The van der Waals surface area contributed by atoms with E-state index >= 15 is 0 Å². The van der Waals surface area contributed by atoms with Crippen LogP contribution in [0.25, 0.3) is 176 Å². The Hall–Kier alpha value is -12.0. The van der Waals surface area contributed by atoms with Gasteiger partial charge < -0.3 is 17.7 Å². The van der Waals surface area contributed by atoms with E-state index in [9.17, 15) is 0 Å². The molecule has 0 amide bonds. The predicted octanol–water partition coefficient (Wildman–Crippen LogP) is 23.6. The molecular weight excluding hydrogens is 1120 g/mol. The van der Waals surface area contributed by atoms with E-state index in [2.05, 4.69) is 279 Å². The van der Waals surface area contributed by atoms with Crippen molar-refractivity contribution in [1.29, 1.82) is 0 Å². The highest BCUT2D eigenvalue weighted by Crippen LogP contribution is 2.71. The molecule has 0 unspecified atom stereocenters. The Morgan fingerprint density at radius 1 is 0.196 bits per heavy atom. The van der Waals surface area contributed by atoms with Crippen LogP contribution in [-0.2, 0) is 10.8 Å². The molecule has 0 fully saturated rings. The summed E-state index contributed by atoms with van der Waals surface area (Å²) in [6, 6.07) is 104. The van der Waals surface area contributed by atoms with Crippen LogP contribution in [0.3, 0.4) is 0 Å². The summed E-state index contributed by atoms with van der Waals surface area (Å²) in [5.41, 5.74) is 29.3. The highest BCUT2D eigenvalue weighted by atomic mass is 16.3. The molecule has 0 N–H and O–H groups in total. The zero-order valence-corrected chi connectivity index (χ0v) is 49.2. The summed E-state index contributed by atoms with van der Waals surface area (Å²) >= 11 is 0. The molecule has 422 valence electrons. The minimum absolute atomic E-state index is 0.761. The second-order valence-electron chi connectivity index (χ2n) is 25.9. The molecule has 92 heavy (non-hydrogen) atoms. The van der Waals surface area contributed by atoms with Gasteiger partial charge in [0.05, 0.1) is 10.8 Å². The van der Waals surface area contributed by atoms with E-state index in [1.54, 1.807) is 0 Å². The second-order valence-corrected chi connectivity index (χ2v) is 25.9. The summed E-state index contributed by atoms with van der Waals surface area (Å²) in [5.74, 6) is 0. The van der Waals surface area contributed by atoms with Crippen LogP contribution in [0.4, 0.5) is 0 Å². The molecule has 0 saturated heterocycles. The molecular formula is C88H46O4. The lowest BCUT2D eigenvalue weighted by Gasteiger charge is -2.32. The SMILES string of the molecule is c1ccc2c(c1)-c1ccccc1C21c2cc3c(cc2-c2c1cc(-c1ccc4c(c1)oc1ccc5ccccc5c14)c1oc4ccccc4c21)C1(c2ccccc2-c2ccccc21)c1cc(-c2ccc4c(c2)oc2ccc5ccccc5c24)c2oc4ccccc4c2c1-3. The molecule has 4 heteroatoms. The topological polar surface area (TPSA) is 52.6 Å². The average Bonchev–Trinajstić information content (AvgIpc) is 1.48. The van der Waals surface area contributed by atoms with E-state index in [0.717, 1.165) is 110 Å². The number of furan rings is 4. The van der Waals surface area contributed by atoms with Crippen LogP contribution in [0.2, 0.25) is 0 Å². The molecule has 0 bridgehead atoms. The fourth-order valence-electron chi connectivity index (χ4n) is 18.4. The number of fused-ring (bicyclic) bond motifs is 38. The predicted molar refractivity (Wildman–Crippen MR) is 374 cm³/mol. The van der Waals surface area contributed by atoms with Crippen molar-refractivity contribution in [2.45, 2.75) is 10.8 Å². The summed E-state index contributed by atoms with van der Waals surface area (Å²) in [6.45, 7) is 0. The first-order chi connectivity index (χ1) is 45.6. The van der Waals surface area contributed by atoms with Crippen molar-refractivity contribution in [1.82, 2.24) is 0 Å². The molecule has 0 aliphatic heterocycles. The minimum Gasteiger partial charge on any atom is -0.456 e. The lowest BCUT2D eigenvalue weighted by atomic mass is 9.68. The van der Waals surface area contributed by atoms with Crippen molar-refractivity contribution >= 4 is 109 Å². The standard InChI is InChI=1S/C88H46O4/c1-3-19-51-47(17-1)35-39-75-79(51)59-37-33-49(41-77(59)89-75)61-43-71-81(83-57-25-9-15-31-73(57)91-85(61)83)63-45-70-64(46-69(63)87(71)65-27-11-5-21-53(65)54-22-6-12-28-66(54)87)82-72(88(70)67-29-13-7-23-55(67)56-24-8-14-30-68(56)88)44-62(86-84(82)58-26-10-16-32-74(58)92-86)50-34-38-60-78(42-50)90-76-40-36-48-18-2-4-20-52(48)80(60)76/h1-46H. The monoisotopic (exact) mass is 1170 g/mol. The van der Waals surface area contributed by atoms with Crippen LogP contribution in [0.5, 0.6) is 0 Å². The van der Waals surface area contributed by atoms with Gasteiger partial charge in [0.1, 0.15) is 44.7 Å². The number of para-hydroxylation sites is 2. The van der Waals surface area contributed by atoms with Gasteiger partial charge in [0.2, 0.25) is 0 Å². The molecule has 4 aliphatic carbocycles. The maximum absolute atomic E-state index is 7.38. The number of hydrogen-bond acceptors (Lipinski definition) is 4. The Morgan fingerprint density at radius 2 is 0.543 bits per heavy atom. The molecule has 4 aromatic heterocycles. The van der Waals surface area contributed by atoms with E-state index in [0.29, 0.717) is 0 Å². The van der Waals surface area contributed by atoms with Crippen LogP contribution < -0.4 is 0 Å². The largest absolute Gasteiger partial charge is 0.456 e. The van der Waals surface area contributed by atoms with Crippen LogP contribution in [-0.4, -0.2) is 0 Å². The fraction of sp³-hybridized carbons (Fsp3) is 0.0227. The van der Waals surface area contributed by atoms with Gasteiger partial charge in [-0.1, -0.05) is 206 Å². The molecule has 4 heterocycles. The second kappa shape index (κ2) is 16.6. The Balaban J connectivity index is 0.868. The first kappa shape index (κ1) is 48.0. The van der Waals surface area contributed by atoms with Gasteiger partial charge in [-0.3, -0.25) is 0 Å². The zero-order valence-electron chi connectivity index (χ0n) is 49.2. The first-order valence-electron chi connectivity index (χ1n) is 31.9. The summed E-state index contributed by atoms with van der Waals surface area (Å²) in [6.07, 6.45) is 0. The van der Waals surface area contributed by atoms with E-state index in [4.69, 9.17) is 17.7 Å². The fourth-order valence-corrected chi connectivity index (χ4v) is 18.4. The van der Waals surface area contributed by atoms with Gasteiger partial charge in [0, 0.05) is 54.2 Å². The minimum atomic E-state index is -0.761. The number of hydrogen-bond donors (Lipinski definition) is 0. The highest BCUT2D eigenvalue weighted by molar-refractivity contribution is 6.25. The zero-order chi connectivity index (χ0) is 59.4. The smallest absolute Gasteiger partial charge is 0.143 e. The van der Waals surface area contributed by atoms with E-state index in [1.165, 1.54) is 111 Å². The molecule has 23 rings (SSSR count). The van der Waals surface area contributed by atoms with Gasteiger partial charge in [-0.05, 0) is 194 Å². The van der Waals surface area contributed by atoms with Crippen molar-refractivity contribution < 1.29 is 17.7 Å². The van der Waals surface area contributed by atoms with Gasteiger partial charge in [0.15, 0.2) is 0 Å². The Kier molecular flexibility index (Phi) is 8.68. The number of benzene rings is 15. The van der Waals surface area contributed by atoms with Crippen LogP contribution in [0.1, 0.15) is 44.5 Å². The lowest BCUT2D eigenvalue weighted by molar-refractivity contribution is 0.667. The quantitative estimate of drug-likeness (QED) is 0.173. The molecule has 2 spiro atoms. The normalized spacial score (nSPS) is 14.3. The molecule has 0 saturated carbocycles. The van der Waals surface area contributed by atoms with Crippen LogP contribution in [0, 0.1) is 0 Å². The summed E-state index contributed by atoms with van der Waals surface area (Å²) in [5, 5.41) is 13.6. The van der Waals surface area contributed by atoms with Crippen molar-refractivity contribution in [3.05, 3.63) is 324 Å². The van der Waals surface area contributed by atoms with E-state index in [1.807, 2.05) is 0 Å². The van der Waals surface area contributed by atoms with Crippen molar-refractivity contribution in [2.75, 3.05) is 0 Å². The maximum Gasteiger partial charge on any atom is 0.143 e. The molecule has 0 atom stereocenters. The van der Waals surface area contributed by atoms with Gasteiger partial charge in [-0.2, -0.15) is 0 Å². The van der Waals surface area contributed by atoms with Crippen molar-refractivity contribution in [2.24, 2.45) is 0 Å². The molecule has 4 nitrogen and oxygen atoms in total. The van der Waals surface area contributed by atoms with E-state index in [-0.39, 0.29) is 0 Å². The Labute approximate surface area is 525 Å². The summed E-state index contributed by atoms with van der Waals surface area (Å²) in [4.78, 5) is 0. The van der Waals surface area contributed by atoms with Gasteiger partial charge in [-0.25, -0.2) is 0 Å². The molecule has 15 aromatic carbocycles. The Morgan fingerprint density at radius 3 is 0.967 bits per heavy atom. The first-order valence-corrected chi connectivity index (χ1v) is 31.9. The third kappa shape index (κ3) is 5.58.